The molecule has 0 aliphatic carbocycles. The van der Waals surface area contributed by atoms with Gasteiger partial charge in [-0.15, -0.1) is 11.3 Å². The average molecular weight is 388 g/mol. The summed E-state index contributed by atoms with van der Waals surface area (Å²) in [6.07, 6.45) is 2.99. The van der Waals surface area contributed by atoms with Crippen LogP contribution < -0.4 is 4.90 Å². The van der Waals surface area contributed by atoms with Crippen LogP contribution in [0.2, 0.25) is 0 Å². The molecule has 2 saturated heterocycles. The van der Waals surface area contributed by atoms with Crippen molar-refractivity contribution in [3.05, 3.63) is 59.1 Å². The van der Waals surface area contributed by atoms with Gasteiger partial charge in [0.05, 0.1) is 33.9 Å². The van der Waals surface area contributed by atoms with Gasteiger partial charge in [0.25, 0.3) is 0 Å². The molecule has 0 N–H and O–H groups in total. The Hall–Kier alpha value is -2.75. The van der Waals surface area contributed by atoms with Crippen LogP contribution in [0, 0.1) is 11.3 Å². The summed E-state index contributed by atoms with van der Waals surface area (Å²) >= 11 is 1.75. The van der Waals surface area contributed by atoms with E-state index in [-0.39, 0.29) is 18.0 Å². The molecule has 0 saturated carbocycles. The van der Waals surface area contributed by atoms with Crippen LogP contribution in [0.15, 0.2) is 48.5 Å². The molecule has 3 heterocycles. The number of thiazole rings is 1. The third-order valence-corrected chi connectivity index (χ3v) is 6.91. The third kappa shape index (κ3) is 2.88. The molecule has 1 amide bonds. The molecular formula is C22H20N4OS. The van der Waals surface area contributed by atoms with E-state index in [2.05, 4.69) is 23.1 Å². The number of hydrogen-bond acceptors (Lipinski definition) is 5. The van der Waals surface area contributed by atoms with Gasteiger partial charge in [0.2, 0.25) is 5.91 Å². The van der Waals surface area contributed by atoms with E-state index in [0.717, 1.165) is 48.6 Å². The van der Waals surface area contributed by atoms with Crippen LogP contribution in [0.1, 0.15) is 35.9 Å². The van der Waals surface area contributed by atoms with E-state index in [1.807, 2.05) is 29.2 Å². The van der Waals surface area contributed by atoms with Crippen molar-refractivity contribution in [2.24, 2.45) is 0 Å². The predicted octanol–water partition coefficient (Wildman–Crippen LogP) is 4.11. The van der Waals surface area contributed by atoms with E-state index in [9.17, 15) is 4.79 Å². The quantitative estimate of drug-likeness (QED) is 0.677. The molecule has 0 bridgehead atoms. The van der Waals surface area contributed by atoms with E-state index in [0.29, 0.717) is 5.56 Å². The molecule has 5 nitrogen and oxygen atoms in total. The number of nitrogens with zero attached hydrogens (tertiary/aromatic N) is 4. The summed E-state index contributed by atoms with van der Waals surface area (Å²) in [5, 5.41) is 10.1. The minimum absolute atomic E-state index is 0.0878. The number of carbonyl (C=O) groups excluding carboxylic acids is 1. The largest absolute Gasteiger partial charge is 0.311 e. The fourth-order valence-electron chi connectivity index (χ4n) is 4.40. The van der Waals surface area contributed by atoms with Crippen LogP contribution in [-0.4, -0.2) is 34.9 Å². The van der Waals surface area contributed by atoms with Crippen molar-refractivity contribution in [3.63, 3.8) is 0 Å². The number of likely N-dealkylation sites (tertiary alicyclic amines) is 1. The number of amides is 1. The van der Waals surface area contributed by atoms with Crippen LogP contribution in [0.25, 0.3) is 10.2 Å². The van der Waals surface area contributed by atoms with Crippen LogP contribution >= 0.6 is 11.3 Å². The Bertz CT molecular complexity index is 1040. The van der Waals surface area contributed by atoms with Gasteiger partial charge in [-0.3, -0.25) is 9.69 Å². The second-order valence-corrected chi connectivity index (χ2v) is 8.43. The van der Waals surface area contributed by atoms with Gasteiger partial charge in [-0.1, -0.05) is 12.1 Å². The number of carbonyl (C=O) groups is 1. The second kappa shape index (κ2) is 7.01. The number of hydrogen-bond donors (Lipinski definition) is 0. The number of para-hydroxylation sites is 1. The van der Waals surface area contributed by atoms with Crippen molar-refractivity contribution in [3.8, 4) is 6.07 Å². The molecule has 6 heteroatoms. The summed E-state index contributed by atoms with van der Waals surface area (Å²) in [5.74, 6) is 0.165. The number of nitriles is 1. The normalized spacial score (nSPS) is 22.8. The summed E-state index contributed by atoms with van der Waals surface area (Å²) in [5.41, 5.74) is 2.54. The zero-order valence-corrected chi connectivity index (χ0v) is 16.2. The molecular weight excluding hydrogens is 368 g/mol. The molecule has 2 aromatic carbocycles. The molecule has 1 aromatic heterocycles. The monoisotopic (exact) mass is 388 g/mol. The Labute approximate surface area is 167 Å². The van der Waals surface area contributed by atoms with E-state index in [1.165, 1.54) is 4.70 Å². The second-order valence-electron chi connectivity index (χ2n) is 7.37. The zero-order valence-electron chi connectivity index (χ0n) is 15.4. The van der Waals surface area contributed by atoms with E-state index in [1.54, 1.807) is 23.5 Å². The van der Waals surface area contributed by atoms with E-state index >= 15 is 0 Å². The van der Waals surface area contributed by atoms with Crippen molar-refractivity contribution in [2.75, 3.05) is 18.0 Å². The third-order valence-electron chi connectivity index (χ3n) is 5.78. The van der Waals surface area contributed by atoms with Crippen molar-refractivity contribution >= 4 is 33.1 Å². The fourth-order valence-corrected chi connectivity index (χ4v) is 5.53. The molecule has 28 heavy (non-hydrogen) atoms. The molecule has 3 aromatic rings. The first kappa shape index (κ1) is 17.4. The summed E-state index contributed by atoms with van der Waals surface area (Å²) in [6.45, 7) is 1.66. The van der Waals surface area contributed by atoms with Crippen molar-refractivity contribution in [1.29, 1.82) is 5.26 Å². The topological polar surface area (TPSA) is 60.2 Å². The maximum absolute atomic E-state index is 13.2. The average Bonchev–Trinajstić information content (AvgIpc) is 3.45. The predicted molar refractivity (Wildman–Crippen MR) is 110 cm³/mol. The van der Waals surface area contributed by atoms with Gasteiger partial charge in [-0.05, 0) is 62.2 Å². The molecule has 0 radical (unpaired) electrons. The lowest BCUT2D eigenvalue weighted by Crippen LogP contribution is -2.41. The maximum Gasteiger partial charge on any atom is 0.244 e. The van der Waals surface area contributed by atoms with Gasteiger partial charge in [0, 0.05) is 12.2 Å². The van der Waals surface area contributed by atoms with Gasteiger partial charge >= 0.3 is 0 Å². The Balaban J connectivity index is 1.39. The number of anilines is 1. The number of rotatable bonds is 3. The van der Waals surface area contributed by atoms with Crippen molar-refractivity contribution in [1.82, 2.24) is 9.88 Å². The van der Waals surface area contributed by atoms with Crippen molar-refractivity contribution in [2.45, 2.75) is 31.3 Å². The number of benzene rings is 2. The van der Waals surface area contributed by atoms with Gasteiger partial charge in [-0.2, -0.15) is 5.26 Å². The molecule has 2 fully saturated rings. The minimum Gasteiger partial charge on any atom is -0.311 e. The first-order valence-electron chi connectivity index (χ1n) is 9.67. The summed E-state index contributed by atoms with van der Waals surface area (Å²) in [7, 11) is 0. The first-order valence-corrected chi connectivity index (χ1v) is 10.5. The summed E-state index contributed by atoms with van der Waals surface area (Å²) < 4.78 is 1.21. The minimum atomic E-state index is -0.0878. The molecule has 0 spiro atoms. The van der Waals surface area contributed by atoms with Crippen LogP contribution in [0.4, 0.5) is 5.69 Å². The Kier molecular flexibility index (Phi) is 4.34. The van der Waals surface area contributed by atoms with Crippen LogP contribution in [0.5, 0.6) is 0 Å². The van der Waals surface area contributed by atoms with Gasteiger partial charge in [0.1, 0.15) is 5.01 Å². The lowest BCUT2D eigenvalue weighted by Gasteiger charge is -2.28. The molecule has 140 valence electrons. The molecule has 5 rings (SSSR count). The lowest BCUT2D eigenvalue weighted by atomic mass is 10.1. The Morgan fingerprint density at radius 2 is 1.86 bits per heavy atom. The molecule has 2 aliphatic rings. The van der Waals surface area contributed by atoms with Gasteiger partial charge in [0.15, 0.2) is 0 Å². The SMILES string of the molecule is N#Cc1ccc(N2CCC(N3CCCC3c3nc4ccccc4s3)C2=O)cc1. The van der Waals surface area contributed by atoms with Gasteiger partial charge < -0.3 is 4.90 Å². The smallest absolute Gasteiger partial charge is 0.244 e. The molecule has 2 unspecified atom stereocenters. The highest BCUT2D eigenvalue weighted by Gasteiger charge is 2.42. The highest BCUT2D eigenvalue weighted by atomic mass is 32.1. The van der Waals surface area contributed by atoms with Gasteiger partial charge in [-0.25, -0.2) is 4.98 Å². The Morgan fingerprint density at radius 3 is 2.64 bits per heavy atom. The van der Waals surface area contributed by atoms with Crippen LogP contribution in [0.3, 0.4) is 0 Å². The zero-order chi connectivity index (χ0) is 19.1. The van der Waals surface area contributed by atoms with Crippen LogP contribution in [-0.2, 0) is 4.79 Å². The summed E-state index contributed by atoms with van der Waals surface area (Å²) in [6, 6.07) is 17.8. The Morgan fingerprint density at radius 1 is 1.04 bits per heavy atom. The fraction of sp³-hybridized carbons (Fsp3) is 0.318. The standard InChI is InChI=1S/C22H20N4OS/c23-14-15-7-9-16(10-8-15)25-13-11-19(22(25)27)26-12-3-5-18(26)21-24-17-4-1-2-6-20(17)28-21/h1-2,4,6-10,18-19H,3,5,11-13H2. The molecule has 2 aliphatic heterocycles. The van der Waals surface area contributed by atoms with E-state index < -0.39 is 0 Å². The lowest BCUT2D eigenvalue weighted by molar-refractivity contribution is -0.122. The summed E-state index contributed by atoms with van der Waals surface area (Å²) in [4.78, 5) is 22.3. The van der Waals surface area contributed by atoms with Crippen molar-refractivity contribution < 1.29 is 4.79 Å². The van der Waals surface area contributed by atoms with E-state index in [4.69, 9.17) is 10.2 Å². The highest BCUT2D eigenvalue weighted by molar-refractivity contribution is 7.18. The maximum atomic E-state index is 13.2. The molecule has 2 atom stereocenters. The number of aromatic nitrogens is 1. The number of fused-ring (bicyclic) bond motifs is 1. The first-order chi connectivity index (χ1) is 13.7. The highest BCUT2D eigenvalue weighted by Crippen LogP contribution is 2.40.